The van der Waals surface area contributed by atoms with E-state index in [1.807, 2.05) is 11.6 Å². The first-order valence-electron chi connectivity index (χ1n) is 6.38. The second kappa shape index (κ2) is 5.48. The number of rotatable bonds is 2. The zero-order valence-corrected chi connectivity index (χ0v) is 12.3. The van der Waals surface area contributed by atoms with Crippen molar-refractivity contribution in [3.8, 4) is 0 Å². The number of aromatic nitrogens is 2. The van der Waals surface area contributed by atoms with Crippen molar-refractivity contribution in [1.29, 1.82) is 0 Å². The van der Waals surface area contributed by atoms with Gasteiger partial charge in [0.25, 0.3) is 5.91 Å². The maximum Gasteiger partial charge on any atom is 0.275 e. The topological polar surface area (TPSA) is 67.4 Å². The molecule has 19 heavy (non-hydrogen) atoms. The lowest BCUT2D eigenvalue weighted by molar-refractivity contribution is 0.0821. The lowest BCUT2D eigenvalue weighted by Gasteiger charge is -2.23. The maximum atomic E-state index is 12.0. The van der Waals surface area contributed by atoms with Gasteiger partial charge in [-0.15, -0.1) is 0 Å². The Balaban J connectivity index is 2.36. The van der Waals surface area contributed by atoms with Crippen LogP contribution >= 0.6 is 11.6 Å². The minimum Gasteiger partial charge on any atom is -0.343 e. The highest BCUT2D eigenvalue weighted by Gasteiger charge is 2.26. The molecule has 0 spiro atoms. The van der Waals surface area contributed by atoms with Crippen molar-refractivity contribution in [2.75, 3.05) is 20.6 Å². The Kier molecular flexibility index (Phi) is 4.13. The van der Waals surface area contributed by atoms with Crippen LogP contribution in [0.2, 0.25) is 5.02 Å². The molecule has 1 amide bonds. The van der Waals surface area contributed by atoms with Crippen LogP contribution in [0, 0.1) is 0 Å². The number of nitrogens with zero attached hydrogens (tertiary/aromatic N) is 4. The SMILES string of the molecule is CC(N)N1CCCn2nc(C(=O)N(C)C)c(Cl)c2C1. The van der Waals surface area contributed by atoms with Crippen molar-refractivity contribution in [2.24, 2.45) is 5.73 Å². The Hall–Kier alpha value is -1.11. The number of aryl methyl sites for hydroxylation is 1. The number of hydrogen-bond acceptors (Lipinski definition) is 4. The molecule has 1 atom stereocenters. The Morgan fingerprint density at radius 1 is 1.47 bits per heavy atom. The van der Waals surface area contributed by atoms with E-state index in [9.17, 15) is 4.79 Å². The van der Waals surface area contributed by atoms with E-state index in [4.69, 9.17) is 17.3 Å². The quantitative estimate of drug-likeness (QED) is 0.871. The summed E-state index contributed by atoms with van der Waals surface area (Å²) in [6.07, 6.45) is 0.910. The molecule has 0 saturated carbocycles. The van der Waals surface area contributed by atoms with E-state index in [2.05, 4.69) is 10.00 Å². The molecule has 7 heteroatoms. The van der Waals surface area contributed by atoms with E-state index in [0.717, 1.165) is 25.2 Å². The van der Waals surface area contributed by atoms with Crippen molar-refractivity contribution >= 4 is 17.5 Å². The van der Waals surface area contributed by atoms with Crippen molar-refractivity contribution < 1.29 is 4.79 Å². The molecule has 6 nitrogen and oxygen atoms in total. The van der Waals surface area contributed by atoms with Gasteiger partial charge in [0.15, 0.2) is 5.69 Å². The van der Waals surface area contributed by atoms with Crippen LogP contribution in [0.4, 0.5) is 0 Å². The number of fused-ring (bicyclic) bond motifs is 1. The zero-order valence-electron chi connectivity index (χ0n) is 11.6. The summed E-state index contributed by atoms with van der Waals surface area (Å²) in [5.41, 5.74) is 7.14. The highest BCUT2D eigenvalue weighted by Crippen LogP contribution is 2.25. The number of carbonyl (C=O) groups excluding carboxylic acids is 1. The molecule has 2 heterocycles. The van der Waals surface area contributed by atoms with E-state index in [1.54, 1.807) is 14.1 Å². The Labute approximate surface area is 118 Å². The summed E-state index contributed by atoms with van der Waals surface area (Å²) in [7, 11) is 3.38. The molecule has 2 rings (SSSR count). The van der Waals surface area contributed by atoms with Gasteiger partial charge in [-0.3, -0.25) is 14.4 Å². The van der Waals surface area contributed by atoms with Gasteiger partial charge >= 0.3 is 0 Å². The molecule has 0 bridgehead atoms. The van der Waals surface area contributed by atoms with Gasteiger partial charge in [0.2, 0.25) is 0 Å². The van der Waals surface area contributed by atoms with Crippen LogP contribution in [-0.2, 0) is 13.1 Å². The van der Waals surface area contributed by atoms with Gasteiger partial charge in [0, 0.05) is 33.7 Å². The normalized spacial score (nSPS) is 17.7. The summed E-state index contributed by atoms with van der Waals surface area (Å²) in [5, 5.41) is 4.80. The smallest absolute Gasteiger partial charge is 0.275 e. The molecular formula is C12H20ClN5O. The second-order valence-electron chi connectivity index (χ2n) is 5.10. The van der Waals surface area contributed by atoms with E-state index in [0.29, 0.717) is 17.3 Å². The molecule has 2 N–H and O–H groups in total. The van der Waals surface area contributed by atoms with Gasteiger partial charge in [-0.2, -0.15) is 5.10 Å². The standard InChI is InChI=1S/C12H20ClN5O/c1-8(14)17-5-4-6-18-9(7-17)10(13)11(15-18)12(19)16(2)3/h8H,4-7,14H2,1-3H3. The van der Waals surface area contributed by atoms with Crippen molar-refractivity contribution in [2.45, 2.75) is 32.6 Å². The van der Waals surface area contributed by atoms with E-state index < -0.39 is 0 Å². The predicted molar refractivity (Wildman–Crippen MR) is 73.9 cm³/mol. The van der Waals surface area contributed by atoms with Crippen LogP contribution in [0.15, 0.2) is 0 Å². The lowest BCUT2D eigenvalue weighted by atomic mass is 10.3. The average Bonchev–Trinajstić information content (AvgIpc) is 2.54. The third kappa shape index (κ3) is 2.75. The fourth-order valence-corrected chi connectivity index (χ4v) is 2.48. The molecule has 0 saturated heterocycles. The van der Waals surface area contributed by atoms with Crippen LogP contribution in [0.3, 0.4) is 0 Å². The minimum atomic E-state index is -0.169. The second-order valence-corrected chi connectivity index (χ2v) is 5.47. The number of hydrogen-bond donors (Lipinski definition) is 1. The van der Waals surface area contributed by atoms with Gasteiger partial charge in [-0.1, -0.05) is 11.6 Å². The van der Waals surface area contributed by atoms with Gasteiger partial charge in [-0.25, -0.2) is 0 Å². The first kappa shape index (κ1) is 14.3. The molecule has 1 aliphatic heterocycles. The Bertz CT molecular complexity index is 483. The summed E-state index contributed by atoms with van der Waals surface area (Å²) in [5.74, 6) is -0.169. The van der Waals surface area contributed by atoms with Crippen LogP contribution < -0.4 is 5.73 Å². The third-order valence-corrected chi connectivity index (χ3v) is 3.74. The van der Waals surface area contributed by atoms with Crippen molar-refractivity contribution in [3.63, 3.8) is 0 Å². The molecule has 106 valence electrons. The maximum absolute atomic E-state index is 12.0. The summed E-state index contributed by atoms with van der Waals surface area (Å²) in [6.45, 7) is 4.25. The molecule has 1 unspecified atom stereocenters. The van der Waals surface area contributed by atoms with Crippen molar-refractivity contribution in [1.82, 2.24) is 19.6 Å². The van der Waals surface area contributed by atoms with Gasteiger partial charge < -0.3 is 10.6 Å². The first-order chi connectivity index (χ1) is 8.91. The van der Waals surface area contributed by atoms with Gasteiger partial charge in [0.1, 0.15) is 0 Å². The third-order valence-electron chi connectivity index (χ3n) is 3.35. The highest BCUT2D eigenvalue weighted by molar-refractivity contribution is 6.34. The number of carbonyl (C=O) groups is 1. The average molecular weight is 286 g/mol. The van der Waals surface area contributed by atoms with Crippen molar-refractivity contribution in [3.05, 3.63) is 16.4 Å². The Morgan fingerprint density at radius 3 is 2.74 bits per heavy atom. The minimum absolute atomic E-state index is 0.0366. The molecule has 0 aromatic carbocycles. The van der Waals surface area contributed by atoms with Crippen LogP contribution in [0.1, 0.15) is 29.5 Å². The summed E-state index contributed by atoms with van der Waals surface area (Å²) in [6, 6.07) is 0. The fourth-order valence-electron chi connectivity index (χ4n) is 2.20. The predicted octanol–water partition coefficient (Wildman–Crippen LogP) is 0.749. The van der Waals surface area contributed by atoms with Crippen LogP contribution in [-0.4, -0.2) is 52.3 Å². The van der Waals surface area contributed by atoms with E-state index >= 15 is 0 Å². The monoisotopic (exact) mass is 285 g/mol. The summed E-state index contributed by atoms with van der Waals surface area (Å²) < 4.78 is 1.83. The molecule has 1 aromatic rings. The lowest BCUT2D eigenvalue weighted by Crippen LogP contribution is -2.39. The molecule has 0 radical (unpaired) electrons. The highest BCUT2D eigenvalue weighted by atomic mass is 35.5. The zero-order chi connectivity index (χ0) is 14.2. The molecule has 1 aromatic heterocycles. The van der Waals surface area contributed by atoms with Crippen LogP contribution in [0.25, 0.3) is 0 Å². The van der Waals surface area contributed by atoms with E-state index in [-0.39, 0.29) is 12.1 Å². The van der Waals surface area contributed by atoms with Crippen LogP contribution in [0.5, 0.6) is 0 Å². The molecule has 1 aliphatic rings. The largest absolute Gasteiger partial charge is 0.343 e. The number of amides is 1. The fraction of sp³-hybridized carbons (Fsp3) is 0.667. The molecular weight excluding hydrogens is 266 g/mol. The molecule has 0 fully saturated rings. The number of nitrogens with two attached hydrogens (primary N) is 1. The molecule has 0 aliphatic carbocycles. The van der Waals surface area contributed by atoms with Gasteiger partial charge in [0.05, 0.1) is 16.9 Å². The van der Waals surface area contributed by atoms with E-state index in [1.165, 1.54) is 4.90 Å². The first-order valence-corrected chi connectivity index (χ1v) is 6.76. The summed E-state index contributed by atoms with van der Waals surface area (Å²) in [4.78, 5) is 15.6. The Morgan fingerprint density at radius 2 is 2.16 bits per heavy atom. The number of halogens is 1. The van der Waals surface area contributed by atoms with Gasteiger partial charge in [-0.05, 0) is 13.3 Å². The summed E-state index contributed by atoms with van der Waals surface area (Å²) >= 11 is 6.33.